The van der Waals surface area contributed by atoms with Gasteiger partial charge >= 0.3 is 17.9 Å². The van der Waals surface area contributed by atoms with Crippen LogP contribution in [0.3, 0.4) is 0 Å². The normalized spacial score (nSPS) is 14.4. The van der Waals surface area contributed by atoms with E-state index in [2.05, 4.69) is 5.32 Å². The highest BCUT2D eigenvalue weighted by Crippen LogP contribution is 2.43. The maximum absolute atomic E-state index is 14.5. The molecule has 176 valence electrons. The van der Waals surface area contributed by atoms with E-state index >= 15 is 0 Å². The summed E-state index contributed by atoms with van der Waals surface area (Å²) < 4.78 is 29.2. The maximum Gasteiger partial charge on any atom is 0.348 e. The van der Waals surface area contributed by atoms with Crippen LogP contribution < -0.4 is 5.32 Å². The van der Waals surface area contributed by atoms with E-state index in [0.717, 1.165) is 24.2 Å². The minimum absolute atomic E-state index is 0.0150. The van der Waals surface area contributed by atoms with Gasteiger partial charge in [-0.1, -0.05) is 31.0 Å². The standard InChI is InChI=1S/C23H24FNO7S/c1-13-17(20(27)30-2)19(33-18(13)21(28)31-3)25-16(26)12-32-22(29)23(10-6-7-11-23)14-8-4-5-9-15(14)24/h4-5,8-9H,6-7,10-12H2,1-3H3,(H,25,26). The Morgan fingerprint density at radius 2 is 1.70 bits per heavy atom. The fraction of sp³-hybridized carbons (Fsp3) is 0.391. The van der Waals surface area contributed by atoms with Gasteiger partial charge in [0, 0.05) is 5.56 Å². The van der Waals surface area contributed by atoms with Gasteiger partial charge in [0.2, 0.25) is 0 Å². The van der Waals surface area contributed by atoms with Crippen LogP contribution >= 0.6 is 11.3 Å². The van der Waals surface area contributed by atoms with Crippen LogP contribution in [0.2, 0.25) is 0 Å². The number of carbonyl (C=O) groups is 4. The van der Waals surface area contributed by atoms with Crippen LogP contribution in [0.5, 0.6) is 0 Å². The first kappa shape index (κ1) is 24.4. The molecule has 0 unspecified atom stereocenters. The van der Waals surface area contributed by atoms with Gasteiger partial charge < -0.3 is 19.5 Å². The van der Waals surface area contributed by atoms with E-state index in [0.29, 0.717) is 18.4 Å². The Morgan fingerprint density at radius 1 is 1.06 bits per heavy atom. The number of thiophene rings is 1. The molecule has 1 saturated carbocycles. The highest BCUT2D eigenvalue weighted by Gasteiger charge is 2.46. The number of hydrogen-bond acceptors (Lipinski definition) is 8. The molecule has 0 spiro atoms. The first-order valence-corrected chi connectivity index (χ1v) is 11.1. The van der Waals surface area contributed by atoms with Gasteiger partial charge in [-0.15, -0.1) is 11.3 Å². The molecule has 0 atom stereocenters. The van der Waals surface area contributed by atoms with Crippen molar-refractivity contribution in [2.24, 2.45) is 0 Å². The Labute approximate surface area is 194 Å². The van der Waals surface area contributed by atoms with Crippen LogP contribution in [0, 0.1) is 12.7 Å². The molecule has 1 aliphatic rings. The molecule has 0 bridgehead atoms. The van der Waals surface area contributed by atoms with E-state index < -0.39 is 41.7 Å². The summed E-state index contributed by atoms with van der Waals surface area (Å²) in [4.78, 5) is 49.8. The van der Waals surface area contributed by atoms with Crippen LogP contribution in [0.1, 0.15) is 56.8 Å². The third-order valence-electron chi connectivity index (χ3n) is 5.73. The molecule has 1 aromatic carbocycles. The molecular weight excluding hydrogens is 453 g/mol. The third kappa shape index (κ3) is 4.75. The molecule has 0 saturated heterocycles. The van der Waals surface area contributed by atoms with Crippen molar-refractivity contribution in [3.05, 3.63) is 51.7 Å². The molecule has 0 aliphatic heterocycles. The summed E-state index contributed by atoms with van der Waals surface area (Å²) in [6.45, 7) is 0.892. The number of carbonyl (C=O) groups excluding carboxylic acids is 4. The van der Waals surface area contributed by atoms with E-state index in [1.54, 1.807) is 18.2 Å². The second-order valence-corrected chi connectivity index (χ2v) is 8.66. The maximum atomic E-state index is 14.5. The first-order chi connectivity index (χ1) is 15.7. The summed E-state index contributed by atoms with van der Waals surface area (Å²) in [6.07, 6.45) is 2.33. The smallest absolute Gasteiger partial charge is 0.348 e. The average Bonchev–Trinajstić information content (AvgIpc) is 3.42. The van der Waals surface area contributed by atoms with Crippen LogP contribution in [0.4, 0.5) is 9.39 Å². The van der Waals surface area contributed by atoms with Gasteiger partial charge in [-0.25, -0.2) is 14.0 Å². The van der Waals surface area contributed by atoms with Gasteiger partial charge in [-0.3, -0.25) is 9.59 Å². The molecule has 1 amide bonds. The largest absolute Gasteiger partial charge is 0.465 e. The van der Waals surface area contributed by atoms with Gasteiger partial charge in [0.15, 0.2) is 6.61 Å². The van der Waals surface area contributed by atoms with Crippen molar-refractivity contribution in [3.63, 3.8) is 0 Å². The van der Waals surface area contributed by atoms with Crippen molar-refractivity contribution in [3.8, 4) is 0 Å². The number of hydrogen-bond donors (Lipinski definition) is 1. The summed E-state index contributed by atoms with van der Waals surface area (Å²) in [5.41, 5.74) is -0.561. The number of rotatable bonds is 7. The zero-order valence-electron chi connectivity index (χ0n) is 18.5. The molecule has 1 N–H and O–H groups in total. The van der Waals surface area contributed by atoms with Crippen molar-refractivity contribution in [1.29, 1.82) is 0 Å². The van der Waals surface area contributed by atoms with Crippen molar-refractivity contribution in [2.75, 3.05) is 26.1 Å². The van der Waals surface area contributed by atoms with Gasteiger partial charge in [0.1, 0.15) is 15.7 Å². The van der Waals surface area contributed by atoms with Crippen molar-refractivity contribution < 1.29 is 37.8 Å². The molecule has 1 aromatic heterocycles. The van der Waals surface area contributed by atoms with E-state index in [-0.39, 0.29) is 21.0 Å². The highest BCUT2D eigenvalue weighted by molar-refractivity contribution is 7.18. The Hall–Kier alpha value is -3.27. The molecule has 1 aliphatic carbocycles. The molecule has 8 nitrogen and oxygen atoms in total. The SMILES string of the molecule is COC(=O)c1sc(NC(=O)COC(=O)C2(c3ccccc3F)CCCC2)c(C(=O)OC)c1C. The summed E-state index contributed by atoms with van der Waals surface area (Å²) in [7, 11) is 2.37. The lowest BCUT2D eigenvalue weighted by molar-refractivity contribution is -0.153. The molecule has 1 heterocycles. The predicted molar refractivity (Wildman–Crippen MR) is 118 cm³/mol. The van der Waals surface area contributed by atoms with E-state index in [9.17, 15) is 23.6 Å². The summed E-state index contributed by atoms with van der Waals surface area (Å²) in [6, 6.07) is 6.06. The monoisotopic (exact) mass is 477 g/mol. The zero-order valence-corrected chi connectivity index (χ0v) is 19.3. The molecule has 2 aromatic rings. The third-order valence-corrected chi connectivity index (χ3v) is 6.92. The molecule has 3 rings (SSSR count). The average molecular weight is 478 g/mol. The van der Waals surface area contributed by atoms with E-state index in [4.69, 9.17) is 14.2 Å². The number of anilines is 1. The Balaban J connectivity index is 1.76. The van der Waals surface area contributed by atoms with Gasteiger partial charge in [0.05, 0.1) is 25.2 Å². The predicted octanol–water partition coefficient (Wildman–Crippen LogP) is 3.76. The second kappa shape index (κ2) is 10.1. The summed E-state index contributed by atoms with van der Waals surface area (Å²) >= 11 is 0.851. The molecular formula is C23H24FNO7S. The Kier molecular flexibility index (Phi) is 7.47. The number of benzene rings is 1. The number of halogens is 1. The number of methoxy groups -OCH3 is 2. The Bertz CT molecular complexity index is 1090. The second-order valence-electron chi connectivity index (χ2n) is 7.64. The number of esters is 3. The van der Waals surface area contributed by atoms with Crippen molar-refractivity contribution in [1.82, 2.24) is 0 Å². The number of amides is 1. The lowest BCUT2D eigenvalue weighted by Crippen LogP contribution is -2.37. The van der Waals surface area contributed by atoms with Crippen molar-refractivity contribution in [2.45, 2.75) is 38.0 Å². The van der Waals surface area contributed by atoms with E-state index in [1.807, 2.05) is 0 Å². The van der Waals surface area contributed by atoms with E-state index in [1.165, 1.54) is 27.2 Å². The van der Waals surface area contributed by atoms with Gasteiger partial charge in [-0.05, 0) is 31.4 Å². The van der Waals surface area contributed by atoms with Crippen LogP contribution in [0.25, 0.3) is 0 Å². The molecule has 1 fully saturated rings. The number of ether oxygens (including phenoxy) is 3. The fourth-order valence-corrected chi connectivity index (χ4v) is 5.21. The first-order valence-electron chi connectivity index (χ1n) is 10.3. The van der Waals surface area contributed by atoms with Crippen LogP contribution in [-0.2, 0) is 29.2 Å². The summed E-state index contributed by atoms with van der Waals surface area (Å²) in [5, 5.41) is 2.57. The van der Waals surface area contributed by atoms with Gasteiger partial charge in [0.25, 0.3) is 5.91 Å². The lowest BCUT2D eigenvalue weighted by atomic mass is 9.78. The number of nitrogens with one attached hydrogen (secondary N) is 1. The van der Waals surface area contributed by atoms with Crippen LogP contribution in [-0.4, -0.2) is 44.6 Å². The lowest BCUT2D eigenvalue weighted by Gasteiger charge is -2.27. The Morgan fingerprint density at radius 3 is 2.30 bits per heavy atom. The zero-order chi connectivity index (χ0) is 24.2. The molecule has 33 heavy (non-hydrogen) atoms. The minimum atomic E-state index is -1.14. The fourth-order valence-electron chi connectivity index (χ4n) is 4.08. The summed E-state index contributed by atoms with van der Waals surface area (Å²) in [5.74, 6) is -3.29. The minimum Gasteiger partial charge on any atom is -0.465 e. The molecule has 0 radical (unpaired) electrons. The van der Waals surface area contributed by atoms with Gasteiger partial charge in [-0.2, -0.15) is 0 Å². The van der Waals surface area contributed by atoms with Crippen molar-refractivity contribution >= 4 is 40.2 Å². The topological polar surface area (TPSA) is 108 Å². The highest BCUT2D eigenvalue weighted by atomic mass is 32.1. The quantitative estimate of drug-likeness (QED) is 0.478. The molecule has 10 heteroatoms. The van der Waals surface area contributed by atoms with Crippen LogP contribution in [0.15, 0.2) is 24.3 Å².